The van der Waals surface area contributed by atoms with E-state index in [1.807, 2.05) is 32.0 Å². The number of nitrogens with one attached hydrogen (secondary N) is 1. The highest BCUT2D eigenvalue weighted by Crippen LogP contribution is 2.15. The molecule has 6 nitrogen and oxygen atoms in total. The zero-order valence-corrected chi connectivity index (χ0v) is 17.2. The van der Waals surface area contributed by atoms with Crippen molar-refractivity contribution in [2.45, 2.75) is 33.4 Å². The lowest BCUT2D eigenvalue weighted by Crippen LogP contribution is -2.49. The van der Waals surface area contributed by atoms with Crippen LogP contribution in [0.1, 0.15) is 26.3 Å². The average molecular weight is 380 g/mol. The largest absolute Gasteiger partial charge is 0.491 e. The first-order valence-electron chi connectivity index (χ1n) is 10.1. The van der Waals surface area contributed by atoms with Crippen LogP contribution in [0, 0.1) is 5.41 Å². The molecule has 0 amide bonds. The fourth-order valence-corrected chi connectivity index (χ4v) is 3.18. The van der Waals surface area contributed by atoms with Crippen molar-refractivity contribution < 1.29 is 14.9 Å². The third kappa shape index (κ3) is 8.15. The maximum absolute atomic E-state index is 10.3. The number of nitrogens with zero attached hydrogens (tertiary/aromatic N) is 2. The summed E-state index contributed by atoms with van der Waals surface area (Å²) in [4.78, 5) is 4.74. The second kappa shape index (κ2) is 11.0. The van der Waals surface area contributed by atoms with E-state index in [4.69, 9.17) is 4.74 Å². The van der Waals surface area contributed by atoms with Crippen molar-refractivity contribution >= 4 is 0 Å². The van der Waals surface area contributed by atoms with E-state index in [2.05, 4.69) is 28.1 Å². The van der Waals surface area contributed by atoms with Crippen LogP contribution in [-0.4, -0.2) is 85.1 Å². The molecule has 1 unspecified atom stereocenters. The maximum Gasteiger partial charge on any atom is 0.119 e. The predicted octanol–water partition coefficient (Wildman–Crippen LogP) is 1.17. The van der Waals surface area contributed by atoms with Gasteiger partial charge < -0.3 is 25.2 Å². The number of piperazine rings is 1. The second-order valence-electron chi connectivity index (χ2n) is 8.27. The fourth-order valence-electron chi connectivity index (χ4n) is 3.18. The van der Waals surface area contributed by atoms with Gasteiger partial charge in [0.1, 0.15) is 18.5 Å². The van der Waals surface area contributed by atoms with Gasteiger partial charge in [-0.3, -0.25) is 4.90 Å². The smallest absolute Gasteiger partial charge is 0.119 e. The van der Waals surface area contributed by atoms with Crippen LogP contribution in [0.25, 0.3) is 0 Å². The highest BCUT2D eigenvalue weighted by molar-refractivity contribution is 5.28. The van der Waals surface area contributed by atoms with Gasteiger partial charge in [0.05, 0.1) is 0 Å². The van der Waals surface area contributed by atoms with Crippen molar-refractivity contribution in [2.24, 2.45) is 5.41 Å². The summed E-state index contributed by atoms with van der Waals surface area (Å²) in [5.74, 6) is 0.783. The van der Waals surface area contributed by atoms with Gasteiger partial charge in [0, 0.05) is 57.8 Å². The number of likely N-dealkylation sites (N-methyl/N-ethyl adjacent to an activating group) is 1. The van der Waals surface area contributed by atoms with Crippen LogP contribution in [0.4, 0.5) is 0 Å². The Kier molecular flexibility index (Phi) is 8.99. The Morgan fingerprint density at radius 2 is 1.89 bits per heavy atom. The summed E-state index contributed by atoms with van der Waals surface area (Å²) in [6, 6.07) is 7.95. The van der Waals surface area contributed by atoms with Gasteiger partial charge >= 0.3 is 0 Å². The molecule has 1 fully saturated rings. The first kappa shape index (κ1) is 22.1. The molecule has 0 radical (unpaired) electrons. The Hall–Kier alpha value is -1.18. The summed E-state index contributed by atoms with van der Waals surface area (Å²) in [5, 5.41) is 23.0. The van der Waals surface area contributed by atoms with E-state index in [0.29, 0.717) is 13.2 Å². The molecule has 2 rings (SSSR count). The summed E-state index contributed by atoms with van der Waals surface area (Å²) in [6.45, 7) is 14.1. The minimum absolute atomic E-state index is 0.124. The van der Waals surface area contributed by atoms with Crippen molar-refractivity contribution in [3.8, 4) is 5.75 Å². The molecular formula is C21H37N3O3. The van der Waals surface area contributed by atoms with Crippen LogP contribution in [-0.2, 0) is 6.54 Å². The van der Waals surface area contributed by atoms with E-state index in [0.717, 1.165) is 57.1 Å². The quantitative estimate of drug-likeness (QED) is 0.536. The average Bonchev–Trinajstić information content (AvgIpc) is 2.67. The van der Waals surface area contributed by atoms with Crippen LogP contribution >= 0.6 is 0 Å². The molecule has 154 valence electrons. The van der Waals surface area contributed by atoms with Crippen molar-refractivity contribution in [3.63, 3.8) is 0 Å². The second-order valence-corrected chi connectivity index (χ2v) is 8.27. The van der Waals surface area contributed by atoms with Gasteiger partial charge in [-0.25, -0.2) is 0 Å². The number of hydrogen-bond donors (Lipinski definition) is 3. The molecule has 0 aliphatic carbocycles. The van der Waals surface area contributed by atoms with Crippen LogP contribution in [0.5, 0.6) is 5.75 Å². The summed E-state index contributed by atoms with van der Waals surface area (Å²) in [6.07, 6.45) is -0.481. The molecule has 0 saturated carbocycles. The SMILES string of the molecule is CCN1CCN(CC(O)COc2cccc(CNCC(C)(C)CO)c2)CC1. The highest BCUT2D eigenvalue weighted by atomic mass is 16.5. The Bertz CT molecular complexity index is 545. The van der Waals surface area contributed by atoms with Gasteiger partial charge in [-0.2, -0.15) is 0 Å². The molecular weight excluding hydrogens is 342 g/mol. The molecule has 1 atom stereocenters. The highest BCUT2D eigenvalue weighted by Gasteiger charge is 2.18. The van der Waals surface area contributed by atoms with E-state index < -0.39 is 6.10 Å². The van der Waals surface area contributed by atoms with Crippen molar-refractivity contribution in [3.05, 3.63) is 29.8 Å². The van der Waals surface area contributed by atoms with Gasteiger partial charge in [-0.1, -0.05) is 32.9 Å². The normalized spacial score (nSPS) is 17.8. The number of aliphatic hydroxyl groups excluding tert-OH is 2. The number of aliphatic hydroxyl groups is 2. The number of ether oxygens (including phenoxy) is 1. The van der Waals surface area contributed by atoms with Gasteiger partial charge in [-0.15, -0.1) is 0 Å². The Morgan fingerprint density at radius 1 is 1.19 bits per heavy atom. The van der Waals surface area contributed by atoms with Crippen LogP contribution < -0.4 is 10.1 Å². The maximum atomic E-state index is 10.3. The molecule has 1 aromatic carbocycles. The summed E-state index contributed by atoms with van der Waals surface area (Å²) < 4.78 is 5.81. The van der Waals surface area contributed by atoms with E-state index in [1.54, 1.807) is 0 Å². The molecule has 27 heavy (non-hydrogen) atoms. The molecule has 1 aliphatic rings. The molecule has 1 aliphatic heterocycles. The Labute approximate surface area is 164 Å². The first-order valence-corrected chi connectivity index (χ1v) is 10.1. The molecule has 0 spiro atoms. The van der Waals surface area contributed by atoms with E-state index >= 15 is 0 Å². The topological polar surface area (TPSA) is 68.2 Å². The fraction of sp³-hybridized carbons (Fsp3) is 0.714. The minimum Gasteiger partial charge on any atom is -0.491 e. The Balaban J connectivity index is 1.71. The molecule has 1 saturated heterocycles. The van der Waals surface area contributed by atoms with Gasteiger partial charge in [0.2, 0.25) is 0 Å². The van der Waals surface area contributed by atoms with Crippen molar-refractivity contribution in [1.82, 2.24) is 15.1 Å². The first-order chi connectivity index (χ1) is 12.9. The molecule has 3 N–H and O–H groups in total. The predicted molar refractivity (Wildman–Crippen MR) is 109 cm³/mol. The monoisotopic (exact) mass is 379 g/mol. The lowest BCUT2D eigenvalue weighted by atomic mass is 9.95. The zero-order chi connectivity index (χ0) is 19.7. The van der Waals surface area contributed by atoms with Crippen molar-refractivity contribution in [1.29, 1.82) is 0 Å². The Morgan fingerprint density at radius 3 is 2.56 bits per heavy atom. The molecule has 0 bridgehead atoms. The zero-order valence-electron chi connectivity index (χ0n) is 17.2. The summed E-state index contributed by atoms with van der Waals surface area (Å²) in [7, 11) is 0. The lowest BCUT2D eigenvalue weighted by molar-refractivity contribution is 0.0471. The summed E-state index contributed by atoms with van der Waals surface area (Å²) in [5.41, 5.74) is 1.01. The molecule has 1 aromatic rings. The third-order valence-electron chi connectivity index (χ3n) is 5.08. The molecule has 0 aromatic heterocycles. The lowest BCUT2D eigenvalue weighted by Gasteiger charge is -2.34. The van der Waals surface area contributed by atoms with Gasteiger partial charge in [-0.05, 0) is 24.2 Å². The van der Waals surface area contributed by atoms with Gasteiger partial charge in [0.25, 0.3) is 0 Å². The van der Waals surface area contributed by atoms with Crippen LogP contribution in [0.3, 0.4) is 0 Å². The molecule has 1 heterocycles. The third-order valence-corrected chi connectivity index (χ3v) is 5.08. The van der Waals surface area contributed by atoms with Gasteiger partial charge in [0.15, 0.2) is 0 Å². The number of β-amino-alcohol motifs (C(OH)–C–C–N with tert-alkyl or cyclic N) is 1. The van der Waals surface area contributed by atoms with E-state index in [9.17, 15) is 10.2 Å². The number of rotatable bonds is 11. The van der Waals surface area contributed by atoms with Crippen LogP contribution in [0.15, 0.2) is 24.3 Å². The summed E-state index contributed by atoms with van der Waals surface area (Å²) >= 11 is 0. The molecule has 6 heteroatoms. The van der Waals surface area contributed by atoms with Crippen LogP contribution in [0.2, 0.25) is 0 Å². The van der Waals surface area contributed by atoms with E-state index in [-0.39, 0.29) is 12.0 Å². The number of benzene rings is 1. The van der Waals surface area contributed by atoms with E-state index in [1.165, 1.54) is 0 Å². The minimum atomic E-state index is -0.481. The number of hydrogen-bond acceptors (Lipinski definition) is 6. The van der Waals surface area contributed by atoms with Crippen molar-refractivity contribution in [2.75, 3.05) is 59.0 Å². The standard InChI is InChI=1S/C21H37N3O3/c1-4-23-8-10-24(11-9-23)14-19(26)15-27-20-7-5-6-18(12-20)13-22-16-21(2,3)17-25/h5-7,12,19,22,25-26H,4,8-11,13-17H2,1-3H3.